The van der Waals surface area contributed by atoms with Crippen LogP contribution in [0.3, 0.4) is 0 Å². The van der Waals surface area contributed by atoms with Crippen molar-refractivity contribution in [3.8, 4) is 0 Å². The number of hydrogen-bond acceptors (Lipinski definition) is 0. The Balaban J connectivity index is 3.40. The van der Waals surface area contributed by atoms with E-state index in [1.54, 1.807) is 0 Å². The van der Waals surface area contributed by atoms with E-state index in [4.69, 9.17) is 0 Å². The Kier molecular flexibility index (Phi) is 5.61. The molecule has 0 heterocycles. The zero-order valence-corrected chi connectivity index (χ0v) is 9.32. The van der Waals surface area contributed by atoms with E-state index in [9.17, 15) is 0 Å². The smallest absolute Gasteiger partial charge is 0.0380 e. The van der Waals surface area contributed by atoms with Gasteiger partial charge in [-0.05, 0) is 17.8 Å². The lowest BCUT2D eigenvalue weighted by Gasteiger charge is -2.22. The molecule has 0 saturated heterocycles. The molecule has 0 N–H and O–H groups in total. The molecule has 0 aromatic heterocycles. The van der Waals surface area contributed by atoms with Gasteiger partial charge < -0.3 is 0 Å². The van der Waals surface area contributed by atoms with E-state index in [2.05, 4.69) is 34.6 Å². The van der Waals surface area contributed by atoms with Crippen molar-refractivity contribution in [2.45, 2.75) is 59.8 Å². The van der Waals surface area contributed by atoms with Gasteiger partial charge >= 0.3 is 0 Å². The van der Waals surface area contributed by atoms with Gasteiger partial charge in [0.2, 0.25) is 0 Å². The molecule has 0 aliphatic rings. The zero-order valence-electron chi connectivity index (χ0n) is 9.32. The largest absolute Gasteiger partial charge is 0.0654 e. The molecule has 1 radical (unpaired) electrons. The lowest BCUT2D eigenvalue weighted by atomic mass is 9.83. The van der Waals surface area contributed by atoms with Crippen LogP contribution in [0.5, 0.6) is 0 Å². The molecule has 73 valence electrons. The van der Waals surface area contributed by atoms with Crippen molar-refractivity contribution in [1.29, 1.82) is 0 Å². The lowest BCUT2D eigenvalue weighted by Crippen LogP contribution is -2.11. The minimum atomic E-state index is 0.457. The van der Waals surface area contributed by atoms with Crippen LogP contribution in [0.2, 0.25) is 0 Å². The van der Waals surface area contributed by atoms with Gasteiger partial charge in [0.25, 0.3) is 0 Å². The molecule has 0 heteroatoms. The van der Waals surface area contributed by atoms with E-state index < -0.39 is 0 Å². The number of rotatable bonds is 5. The molecule has 1 atom stereocenters. The molecule has 12 heavy (non-hydrogen) atoms. The third-order valence-corrected chi connectivity index (χ3v) is 2.12. The van der Waals surface area contributed by atoms with Crippen LogP contribution in [0.15, 0.2) is 0 Å². The minimum absolute atomic E-state index is 0.457. The summed E-state index contributed by atoms with van der Waals surface area (Å²) >= 11 is 0. The average molecular weight is 169 g/mol. The van der Waals surface area contributed by atoms with Gasteiger partial charge in [-0.25, -0.2) is 0 Å². The quantitative estimate of drug-likeness (QED) is 0.533. The van der Waals surface area contributed by atoms with Crippen molar-refractivity contribution in [3.63, 3.8) is 0 Å². The molecule has 0 nitrogen and oxygen atoms in total. The second-order valence-corrected chi connectivity index (χ2v) is 5.13. The van der Waals surface area contributed by atoms with Gasteiger partial charge in [-0.1, -0.05) is 60.3 Å². The third kappa shape index (κ3) is 8.10. The zero-order chi connectivity index (χ0) is 9.61. The van der Waals surface area contributed by atoms with Crippen molar-refractivity contribution in [3.05, 3.63) is 6.92 Å². The highest BCUT2D eigenvalue weighted by Gasteiger charge is 2.14. The Hall–Kier alpha value is 0. The maximum Gasteiger partial charge on any atom is -0.0380 e. The summed E-state index contributed by atoms with van der Waals surface area (Å²) in [5.74, 6) is 0.663. The molecule has 0 amide bonds. The highest BCUT2D eigenvalue weighted by atomic mass is 14.2. The average Bonchev–Trinajstić information content (AvgIpc) is 1.84. The molecule has 0 saturated carbocycles. The second-order valence-electron chi connectivity index (χ2n) is 5.13. The van der Waals surface area contributed by atoms with E-state index in [0.717, 1.165) is 0 Å². The monoisotopic (exact) mass is 169 g/mol. The van der Waals surface area contributed by atoms with E-state index >= 15 is 0 Å². The van der Waals surface area contributed by atoms with Gasteiger partial charge in [0.15, 0.2) is 0 Å². The molecular formula is C12H25. The Morgan fingerprint density at radius 3 is 2.17 bits per heavy atom. The Labute approximate surface area is 78.8 Å². The van der Waals surface area contributed by atoms with Crippen molar-refractivity contribution in [2.24, 2.45) is 11.3 Å². The molecule has 0 spiro atoms. The van der Waals surface area contributed by atoms with Crippen LogP contribution in [0.1, 0.15) is 59.8 Å². The van der Waals surface area contributed by atoms with Crippen molar-refractivity contribution in [1.82, 2.24) is 0 Å². The maximum absolute atomic E-state index is 4.20. The minimum Gasteiger partial charge on any atom is -0.0654 e. The molecule has 0 aromatic carbocycles. The maximum atomic E-state index is 4.20. The lowest BCUT2D eigenvalue weighted by molar-refractivity contribution is 0.310. The fourth-order valence-electron chi connectivity index (χ4n) is 1.65. The summed E-state index contributed by atoms with van der Waals surface area (Å²) in [5, 5.41) is 0. The van der Waals surface area contributed by atoms with Crippen LogP contribution in [-0.2, 0) is 0 Å². The molecule has 0 aliphatic heterocycles. The summed E-state index contributed by atoms with van der Waals surface area (Å²) in [6, 6.07) is 0. The predicted molar refractivity (Wildman–Crippen MR) is 57.1 cm³/mol. The van der Waals surface area contributed by atoms with Crippen LogP contribution >= 0.6 is 0 Å². The molecule has 0 aliphatic carbocycles. The van der Waals surface area contributed by atoms with E-state index in [1.807, 2.05) is 0 Å². The standard InChI is InChI=1S/C12H25/c1-6-7-8-9-11(2)10-12(3,4)5/h11H,2,6-10H2,1,3-5H3. The first-order valence-corrected chi connectivity index (χ1v) is 5.29. The summed E-state index contributed by atoms with van der Waals surface area (Å²) in [7, 11) is 0. The normalized spacial score (nSPS) is 14.8. The van der Waals surface area contributed by atoms with Gasteiger partial charge in [-0.15, -0.1) is 0 Å². The predicted octanol–water partition coefficient (Wildman–Crippen LogP) is 4.45. The summed E-state index contributed by atoms with van der Waals surface area (Å²) < 4.78 is 0. The van der Waals surface area contributed by atoms with Crippen LogP contribution in [0.4, 0.5) is 0 Å². The Bertz CT molecular complexity index is 97.1. The molecule has 0 rings (SSSR count). The number of unbranched alkanes of at least 4 members (excludes halogenated alkanes) is 2. The van der Waals surface area contributed by atoms with Gasteiger partial charge in [0.05, 0.1) is 0 Å². The first-order valence-electron chi connectivity index (χ1n) is 5.29. The SMILES string of the molecule is [CH2]C(CCCCC)CC(C)(C)C. The second kappa shape index (κ2) is 5.61. The Morgan fingerprint density at radius 2 is 1.75 bits per heavy atom. The topological polar surface area (TPSA) is 0 Å². The highest BCUT2D eigenvalue weighted by Crippen LogP contribution is 2.26. The van der Waals surface area contributed by atoms with Gasteiger partial charge in [0, 0.05) is 0 Å². The molecule has 0 aromatic rings. The van der Waals surface area contributed by atoms with Crippen LogP contribution in [0.25, 0.3) is 0 Å². The van der Waals surface area contributed by atoms with E-state index in [1.165, 1.54) is 32.1 Å². The summed E-state index contributed by atoms with van der Waals surface area (Å²) in [6.07, 6.45) is 6.63. The van der Waals surface area contributed by atoms with Crippen molar-refractivity contribution < 1.29 is 0 Å². The van der Waals surface area contributed by atoms with E-state index in [0.29, 0.717) is 11.3 Å². The fourth-order valence-corrected chi connectivity index (χ4v) is 1.65. The summed E-state index contributed by atoms with van der Waals surface area (Å²) in [4.78, 5) is 0. The van der Waals surface area contributed by atoms with Crippen molar-refractivity contribution >= 4 is 0 Å². The summed E-state index contributed by atoms with van der Waals surface area (Å²) in [6.45, 7) is 13.3. The fraction of sp³-hybridized carbons (Fsp3) is 0.917. The first kappa shape index (κ1) is 12.0. The third-order valence-electron chi connectivity index (χ3n) is 2.12. The van der Waals surface area contributed by atoms with E-state index in [-0.39, 0.29) is 0 Å². The van der Waals surface area contributed by atoms with Gasteiger partial charge in [0.1, 0.15) is 0 Å². The van der Waals surface area contributed by atoms with Crippen LogP contribution in [0, 0.1) is 18.3 Å². The molecule has 0 fully saturated rings. The first-order chi connectivity index (χ1) is 5.45. The summed E-state index contributed by atoms with van der Waals surface area (Å²) in [5.41, 5.74) is 0.457. The van der Waals surface area contributed by atoms with Gasteiger partial charge in [-0.3, -0.25) is 0 Å². The molecule has 1 unspecified atom stereocenters. The van der Waals surface area contributed by atoms with Gasteiger partial charge in [-0.2, -0.15) is 0 Å². The molecular weight excluding hydrogens is 144 g/mol. The molecule has 0 bridgehead atoms. The Morgan fingerprint density at radius 1 is 1.17 bits per heavy atom. The van der Waals surface area contributed by atoms with Crippen molar-refractivity contribution in [2.75, 3.05) is 0 Å². The van der Waals surface area contributed by atoms with Crippen LogP contribution in [-0.4, -0.2) is 0 Å². The number of hydrogen-bond donors (Lipinski definition) is 0. The van der Waals surface area contributed by atoms with Crippen LogP contribution < -0.4 is 0 Å². The highest BCUT2D eigenvalue weighted by molar-refractivity contribution is 4.70.